The van der Waals surface area contributed by atoms with Crippen molar-refractivity contribution in [3.05, 3.63) is 44.4 Å². The van der Waals surface area contributed by atoms with Gasteiger partial charge in [-0.05, 0) is 31.4 Å². The van der Waals surface area contributed by atoms with Gasteiger partial charge in [0.1, 0.15) is 10.8 Å². The number of hydrogen-bond acceptors (Lipinski definition) is 5. The van der Waals surface area contributed by atoms with Gasteiger partial charge in [0.2, 0.25) is 5.95 Å². The number of nitrogens with two attached hydrogens (primary N) is 1. The van der Waals surface area contributed by atoms with Crippen molar-refractivity contribution in [2.45, 2.75) is 33.2 Å². The molecule has 3 aromatic heterocycles. The largest absolute Gasteiger partial charge is 0.396 e. The molecule has 0 aliphatic carbocycles. The zero-order valence-electron chi connectivity index (χ0n) is 15.1. The Bertz CT molecular complexity index is 1070. The average molecular weight is 449 g/mol. The molecular formula is C19H19BrClN5O. The van der Waals surface area contributed by atoms with Crippen LogP contribution in [0, 0.1) is 25.7 Å². The Labute approximate surface area is 170 Å². The van der Waals surface area contributed by atoms with Crippen LogP contribution in [0.2, 0.25) is 5.15 Å². The van der Waals surface area contributed by atoms with Gasteiger partial charge in [0.25, 0.3) is 0 Å². The summed E-state index contributed by atoms with van der Waals surface area (Å²) in [4.78, 5) is 13.0. The first-order valence-electron chi connectivity index (χ1n) is 8.44. The Morgan fingerprint density at radius 3 is 2.85 bits per heavy atom. The molecule has 0 unspecified atom stereocenters. The van der Waals surface area contributed by atoms with Gasteiger partial charge in [-0.25, -0.2) is 4.98 Å². The van der Waals surface area contributed by atoms with E-state index in [2.05, 4.69) is 42.7 Å². The second-order valence-electron chi connectivity index (χ2n) is 6.20. The molecule has 3 aromatic rings. The molecule has 0 radical (unpaired) electrons. The summed E-state index contributed by atoms with van der Waals surface area (Å²) in [5, 5.41) is 9.86. The van der Waals surface area contributed by atoms with Gasteiger partial charge in [-0.2, -0.15) is 4.98 Å². The number of halogens is 2. The summed E-state index contributed by atoms with van der Waals surface area (Å²) in [7, 11) is 0. The normalized spacial score (nSPS) is 10.9. The van der Waals surface area contributed by atoms with Crippen molar-refractivity contribution in [3.8, 4) is 11.8 Å². The summed E-state index contributed by atoms with van der Waals surface area (Å²) in [5.74, 6) is 6.27. The Morgan fingerprint density at radius 2 is 2.11 bits per heavy atom. The molecule has 0 amide bonds. The van der Waals surface area contributed by atoms with Crippen LogP contribution in [0.1, 0.15) is 35.2 Å². The topological polar surface area (TPSA) is 89.8 Å². The van der Waals surface area contributed by atoms with Crippen molar-refractivity contribution in [1.29, 1.82) is 0 Å². The van der Waals surface area contributed by atoms with E-state index in [0.29, 0.717) is 30.4 Å². The quantitative estimate of drug-likeness (QED) is 0.361. The first-order valence-corrected chi connectivity index (χ1v) is 9.61. The standard InChI is InChI=1S/C19H19BrClN5O/c1-11-8-23-14(12(2)16(11)20)10-26-9-13(6-4-3-5-7-27)15-17(21)24-19(22)25-18(15)26/h8-9,27H,3,5,7,10H2,1-2H3,(H2,22,24,25). The Kier molecular flexibility index (Phi) is 6.00. The van der Waals surface area contributed by atoms with E-state index in [-0.39, 0.29) is 17.7 Å². The van der Waals surface area contributed by atoms with Crippen LogP contribution in [0.25, 0.3) is 11.0 Å². The van der Waals surface area contributed by atoms with Gasteiger partial charge in [-0.1, -0.05) is 39.4 Å². The number of nitrogen functional groups attached to an aromatic ring is 1. The summed E-state index contributed by atoms with van der Waals surface area (Å²) in [6.07, 6.45) is 4.96. The molecule has 3 rings (SSSR count). The lowest BCUT2D eigenvalue weighted by Gasteiger charge is -2.10. The smallest absolute Gasteiger partial charge is 0.223 e. The molecule has 0 aliphatic rings. The van der Waals surface area contributed by atoms with Crippen LogP contribution in [0.4, 0.5) is 5.95 Å². The fourth-order valence-corrected chi connectivity index (χ4v) is 3.38. The first-order chi connectivity index (χ1) is 12.9. The highest BCUT2D eigenvalue weighted by atomic mass is 79.9. The SMILES string of the molecule is Cc1cnc(Cn2cc(C#CCCCO)c3c(Cl)nc(N)nc32)c(C)c1Br. The summed E-state index contributed by atoms with van der Waals surface area (Å²) >= 11 is 9.94. The van der Waals surface area contributed by atoms with Gasteiger partial charge in [0.05, 0.1) is 23.2 Å². The van der Waals surface area contributed by atoms with E-state index in [4.69, 9.17) is 22.4 Å². The number of rotatable bonds is 4. The molecule has 3 heterocycles. The van der Waals surface area contributed by atoms with Crippen LogP contribution in [-0.2, 0) is 6.54 Å². The molecule has 8 heteroatoms. The Morgan fingerprint density at radius 1 is 1.33 bits per heavy atom. The monoisotopic (exact) mass is 447 g/mol. The summed E-state index contributed by atoms with van der Waals surface area (Å²) in [5.41, 5.74) is 10.2. The third kappa shape index (κ3) is 4.08. The summed E-state index contributed by atoms with van der Waals surface area (Å²) in [6.45, 7) is 4.65. The van der Waals surface area contributed by atoms with Crippen LogP contribution in [-0.4, -0.2) is 31.2 Å². The van der Waals surface area contributed by atoms with Crippen molar-refractivity contribution < 1.29 is 5.11 Å². The van der Waals surface area contributed by atoms with E-state index >= 15 is 0 Å². The molecule has 0 saturated carbocycles. The average Bonchev–Trinajstić information content (AvgIpc) is 2.97. The predicted molar refractivity (Wildman–Crippen MR) is 111 cm³/mol. The van der Waals surface area contributed by atoms with E-state index in [1.807, 2.05) is 30.8 Å². The lowest BCUT2D eigenvalue weighted by molar-refractivity contribution is 0.290. The molecule has 140 valence electrons. The molecule has 0 bridgehead atoms. The molecule has 0 fully saturated rings. The lowest BCUT2D eigenvalue weighted by Crippen LogP contribution is -2.06. The number of pyridine rings is 1. The summed E-state index contributed by atoms with van der Waals surface area (Å²) < 4.78 is 2.98. The van der Waals surface area contributed by atoms with Gasteiger partial charge < -0.3 is 15.4 Å². The van der Waals surface area contributed by atoms with Crippen molar-refractivity contribution in [3.63, 3.8) is 0 Å². The number of hydrogen-bond donors (Lipinski definition) is 2. The van der Waals surface area contributed by atoms with E-state index in [1.54, 1.807) is 0 Å². The fourth-order valence-electron chi connectivity index (χ4n) is 2.77. The minimum atomic E-state index is 0.112. The predicted octanol–water partition coefficient (Wildman–Crippen LogP) is 3.61. The molecule has 0 spiro atoms. The maximum Gasteiger partial charge on any atom is 0.223 e. The number of fused-ring (bicyclic) bond motifs is 1. The molecule has 0 saturated heterocycles. The third-order valence-corrected chi connectivity index (χ3v) is 5.71. The number of aromatic nitrogens is 4. The molecule has 0 aliphatic heterocycles. The minimum absolute atomic E-state index is 0.112. The molecule has 0 aromatic carbocycles. The second-order valence-corrected chi connectivity index (χ2v) is 7.35. The van der Waals surface area contributed by atoms with Crippen LogP contribution in [0.5, 0.6) is 0 Å². The first kappa shape index (κ1) is 19.6. The third-order valence-electron chi connectivity index (χ3n) is 4.21. The number of aliphatic hydroxyl groups excluding tert-OH is 1. The highest BCUT2D eigenvalue weighted by Crippen LogP contribution is 2.28. The van der Waals surface area contributed by atoms with Gasteiger partial charge in [0.15, 0.2) is 0 Å². The van der Waals surface area contributed by atoms with Crippen molar-refractivity contribution in [2.24, 2.45) is 0 Å². The van der Waals surface area contributed by atoms with Crippen LogP contribution in [0.3, 0.4) is 0 Å². The number of aryl methyl sites for hydroxylation is 1. The summed E-state index contributed by atoms with van der Waals surface area (Å²) in [6, 6.07) is 0. The Hall–Kier alpha value is -2.14. The van der Waals surface area contributed by atoms with Crippen molar-refractivity contribution in [1.82, 2.24) is 19.5 Å². The molecular weight excluding hydrogens is 430 g/mol. The maximum absolute atomic E-state index is 8.91. The molecule has 0 atom stereocenters. The molecule has 6 nitrogen and oxygen atoms in total. The van der Waals surface area contributed by atoms with Gasteiger partial charge in [0, 0.05) is 29.9 Å². The number of anilines is 1. The second kappa shape index (κ2) is 8.26. The fraction of sp³-hybridized carbons (Fsp3) is 0.316. The highest BCUT2D eigenvalue weighted by molar-refractivity contribution is 9.10. The number of nitrogens with zero attached hydrogens (tertiary/aromatic N) is 4. The zero-order chi connectivity index (χ0) is 19.6. The van der Waals surface area contributed by atoms with E-state index in [0.717, 1.165) is 26.9 Å². The van der Waals surface area contributed by atoms with Crippen LogP contribution >= 0.6 is 27.5 Å². The van der Waals surface area contributed by atoms with Gasteiger partial charge >= 0.3 is 0 Å². The van der Waals surface area contributed by atoms with Crippen LogP contribution < -0.4 is 5.73 Å². The van der Waals surface area contributed by atoms with Gasteiger partial charge in [-0.3, -0.25) is 4.98 Å². The van der Waals surface area contributed by atoms with Gasteiger partial charge in [-0.15, -0.1) is 0 Å². The number of unbranched alkanes of at least 4 members (excludes halogenated alkanes) is 1. The molecule has 27 heavy (non-hydrogen) atoms. The molecule has 3 N–H and O–H groups in total. The Balaban J connectivity index is 2.10. The minimum Gasteiger partial charge on any atom is -0.396 e. The maximum atomic E-state index is 8.91. The van der Waals surface area contributed by atoms with E-state index < -0.39 is 0 Å². The highest BCUT2D eigenvalue weighted by Gasteiger charge is 2.16. The van der Waals surface area contributed by atoms with Crippen molar-refractivity contribution >= 4 is 44.5 Å². The van der Waals surface area contributed by atoms with E-state index in [9.17, 15) is 0 Å². The lowest BCUT2D eigenvalue weighted by atomic mass is 10.1. The number of aliphatic hydroxyl groups is 1. The van der Waals surface area contributed by atoms with E-state index in [1.165, 1.54) is 0 Å². The van der Waals surface area contributed by atoms with Crippen molar-refractivity contribution in [2.75, 3.05) is 12.3 Å². The van der Waals surface area contributed by atoms with Crippen LogP contribution in [0.15, 0.2) is 16.9 Å². The zero-order valence-corrected chi connectivity index (χ0v) is 17.4.